The summed E-state index contributed by atoms with van der Waals surface area (Å²) in [6.07, 6.45) is -4.02. The fourth-order valence-electron chi connectivity index (χ4n) is 2.50. The van der Waals surface area contributed by atoms with Crippen LogP contribution >= 0.6 is 0 Å². The summed E-state index contributed by atoms with van der Waals surface area (Å²) in [4.78, 5) is 11.4. The Balaban J connectivity index is 1.93. The van der Waals surface area contributed by atoms with Gasteiger partial charge in [0.1, 0.15) is 0 Å². The number of hydrogen-bond acceptors (Lipinski definition) is 3. The second kappa shape index (κ2) is 8.85. The summed E-state index contributed by atoms with van der Waals surface area (Å²) < 4.78 is 42.7. The second-order valence-corrected chi connectivity index (χ2v) is 6.06. The SMILES string of the molecule is CCOC(=O)C[C@@H](C)NCc1ccc(-c2ccc(C(F)(F)F)cc2)cc1. The van der Waals surface area contributed by atoms with Crippen LogP contribution in [0.4, 0.5) is 13.2 Å². The molecule has 0 aliphatic heterocycles. The van der Waals surface area contributed by atoms with Gasteiger partial charge in [-0.15, -0.1) is 0 Å². The predicted octanol–water partition coefficient (Wildman–Crippen LogP) is 4.80. The molecule has 140 valence electrons. The number of benzene rings is 2. The number of alkyl halides is 3. The van der Waals surface area contributed by atoms with Gasteiger partial charge in [-0.2, -0.15) is 13.2 Å². The number of carbonyl (C=O) groups is 1. The lowest BCUT2D eigenvalue weighted by atomic mass is 10.0. The van der Waals surface area contributed by atoms with Gasteiger partial charge in [0.05, 0.1) is 18.6 Å². The van der Waals surface area contributed by atoms with Crippen LogP contribution in [0.25, 0.3) is 11.1 Å². The van der Waals surface area contributed by atoms with E-state index in [0.29, 0.717) is 19.6 Å². The first-order chi connectivity index (χ1) is 12.3. The number of rotatable bonds is 7. The molecule has 1 atom stereocenters. The molecule has 0 heterocycles. The number of halogens is 3. The zero-order valence-electron chi connectivity index (χ0n) is 14.8. The highest BCUT2D eigenvalue weighted by atomic mass is 19.4. The van der Waals surface area contributed by atoms with E-state index in [1.165, 1.54) is 12.1 Å². The molecule has 3 nitrogen and oxygen atoms in total. The molecule has 0 amide bonds. The van der Waals surface area contributed by atoms with Crippen molar-refractivity contribution in [2.45, 2.75) is 39.0 Å². The number of nitrogens with one attached hydrogen (secondary N) is 1. The summed E-state index contributed by atoms with van der Waals surface area (Å²) in [7, 11) is 0. The van der Waals surface area contributed by atoms with E-state index in [1.54, 1.807) is 6.92 Å². The molecule has 0 radical (unpaired) electrons. The summed E-state index contributed by atoms with van der Waals surface area (Å²) in [6.45, 7) is 4.65. The predicted molar refractivity (Wildman–Crippen MR) is 94.4 cm³/mol. The number of carbonyl (C=O) groups excluding carboxylic acids is 1. The molecule has 26 heavy (non-hydrogen) atoms. The zero-order chi connectivity index (χ0) is 19.2. The van der Waals surface area contributed by atoms with E-state index in [2.05, 4.69) is 5.32 Å². The Morgan fingerprint density at radius 3 is 2.08 bits per heavy atom. The zero-order valence-corrected chi connectivity index (χ0v) is 14.8. The van der Waals surface area contributed by atoms with Gasteiger partial charge in [0.25, 0.3) is 0 Å². The van der Waals surface area contributed by atoms with E-state index in [4.69, 9.17) is 4.74 Å². The molecule has 0 saturated carbocycles. The van der Waals surface area contributed by atoms with E-state index in [1.807, 2.05) is 31.2 Å². The normalized spacial score (nSPS) is 12.7. The summed E-state index contributed by atoms with van der Waals surface area (Å²) >= 11 is 0. The lowest BCUT2D eigenvalue weighted by Crippen LogP contribution is -2.28. The molecule has 6 heteroatoms. The number of hydrogen-bond donors (Lipinski definition) is 1. The highest BCUT2D eigenvalue weighted by molar-refractivity contribution is 5.70. The van der Waals surface area contributed by atoms with Gasteiger partial charge in [0, 0.05) is 12.6 Å². The van der Waals surface area contributed by atoms with E-state index < -0.39 is 11.7 Å². The lowest BCUT2D eigenvalue weighted by molar-refractivity contribution is -0.143. The first-order valence-electron chi connectivity index (χ1n) is 8.45. The van der Waals surface area contributed by atoms with Gasteiger partial charge in [-0.1, -0.05) is 36.4 Å². The molecule has 2 rings (SSSR count). The average molecular weight is 365 g/mol. The number of esters is 1. The standard InChI is InChI=1S/C20H22F3NO2/c1-3-26-19(25)12-14(2)24-13-15-4-6-16(7-5-15)17-8-10-18(11-9-17)20(21,22)23/h4-11,14,24H,3,12-13H2,1-2H3/t14-/m1/s1. The van der Waals surface area contributed by atoms with Gasteiger partial charge in [0.2, 0.25) is 0 Å². The molecular weight excluding hydrogens is 343 g/mol. The molecule has 0 aromatic heterocycles. The monoisotopic (exact) mass is 365 g/mol. The van der Waals surface area contributed by atoms with E-state index in [0.717, 1.165) is 28.8 Å². The van der Waals surface area contributed by atoms with Crippen LogP contribution < -0.4 is 5.32 Å². The quantitative estimate of drug-likeness (QED) is 0.716. The van der Waals surface area contributed by atoms with Crippen LogP contribution in [-0.4, -0.2) is 18.6 Å². The Labute approximate surface area is 151 Å². The van der Waals surface area contributed by atoms with Gasteiger partial charge >= 0.3 is 12.1 Å². The van der Waals surface area contributed by atoms with E-state index in [-0.39, 0.29) is 12.0 Å². The summed E-state index contributed by atoms with van der Waals surface area (Å²) in [5.41, 5.74) is 1.95. The molecule has 0 spiro atoms. The molecule has 0 saturated heterocycles. The fraction of sp³-hybridized carbons (Fsp3) is 0.350. The van der Waals surface area contributed by atoms with Gasteiger partial charge in [-0.05, 0) is 42.7 Å². The highest BCUT2D eigenvalue weighted by Gasteiger charge is 2.29. The minimum atomic E-state index is -4.33. The largest absolute Gasteiger partial charge is 0.466 e. The Hall–Kier alpha value is -2.34. The summed E-state index contributed by atoms with van der Waals surface area (Å²) in [5, 5.41) is 3.25. The molecule has 0 fully saturated rings. The smallest absolute Gasteiger partial charge is 0.416 e. The van der Waals surface area contributed by atoms with Crippen LogP contribution in [0.5, 0.6) is 0 Å². The Kier molecular flexibility index (Phi) is 6.80. The van der Waals surface area contributed by atoms with Crippen molar-refractivity contribution in [3.8, 4) is 11.1 Å². The minimum absolute atomic E-state index is 0.0105. The van der Waals surface area contributed by atoms with Crippen LogP contribution in [0.2, 0.25) is 0 Å². The van der Waals surface area contributed by atoms with Crippen LogP contribution in [0.15, 0.2) is 48.5 Å². The summed E-state index contributed by atoms with van der Waals surface area (Å²) in [6, 6.07) is 12.7. The van der Waals surface area contributed by atoms with Crippen LogP contribution in [0.1, 0.15) is 31.4 Å². The Morgan fingerprint density at radius 2 is 1.58 bits per heavy atom. The van der Waals surface area contributed by atoms with Crippen molar-refractivity contribution in [2.75, 3.05) is 6.61 Å². The average Bonchev–Trinajstić information content (AvgIpc) is 2.60. The first kappa shape index (κ1) is 20.0. The van der Waals surface area contributed by atoms with Crippen LogP contribution in [-0.2, 0) is 22.3 Å². The van der Waals surface area contributed by atoms with Gasteiger partial charge < -0.3 is 10.1 Å². The topological polar surface area (TPSA) is 38.3 Å². The van der Waals surface area contributed by atoms with Crippen LogP contribution in [0.3, 0.4) is 0 Å². The third-order valence-electron chi connectivity index (χ3n) is 3.93. The van der Waals surface area contributed by atoms with Gasteiger partial charge in [0.15, 0.2) is 0 Å². The third-order valence-corrected chi connectivity index (χ3v) is 3.93. The highest BCUT2D eigenvalue weighted by Crippen LogP contribution is 2.31. The molecule has 0 aliphatic carbocycles. The second-order valence-electron chi connectivity index (χ2n) is 6.06. The molecule has 0 bridgehead atoms. The van der Waals surface area contributed by atoms with Gasteiger partial charge in [-0.25, -0.2) is 0 Å². The van der Waals surface area contributed by atoms with Crippen molar-refractivity contribution >= 4 is 5.97 Å². The van der Waals surface area contributed by atoms with E-state index >= 15 is 0 Å². The first-order valence-corrected chi connectivity index (χ1v) is 8.45. The fourth-order valence-corrected chi connectivity index (χ4v) is 2.50. The van der Waals surface area contributed by atoms with Crippen molar-refractivity contribution in [1.29, 1.82) is 0 Å². The van der Waals surface area contributed by atoms with E-state index in [9.17, 15) is 18.0 Å². The molecule has 0 unspecified atom stereocenters. The van der Waals surface area contributed by atoms with Crippen molar-refractivity contribution in [1.82, 2.24) is 5.32 Å². The minimum Gasteiger partial charge on any atom is -0.466 e. The maximum atomic E-state index is 12.6. The lowest BCUT2D eigenvalue weighted by Gasteiger charge is -2.13. The molecule has 0 aliphatic rings. The molecule has 1 N–H and O–H groups in total. The third kappa shape index (κ3) is 5.88. The van der Waals surface area contributed by atoms with Crippen molar-refractivity contribution in [2.24, 2.45) is 0 Å². The summed E-state index contributed by atoms with van der Waals surface area (Å²) in [5.74, 6) is -0.231. The van der Waals surface area contributed by atoms with Crippen molar-refractivity contribution in [3.63, 3.8) is 0 Å². The van der Waals surface area contributed by atoms with Crippen molar-refractivity contribution < 1.29 is 22.7 Å². The molecule has 2 aromatic rings. The molecule has 2 aromatic carbocycles. The molecular formula is C20H22F3NO2. The van der Waals surface area contributed by atoms with Gasteiger partial charge in [-0.3, -0.25) is 4.79 Å². The number of ether oxygens (including phenoxy) is 1. The maximum Gasteiger partial charge on any atom is 0.416 e. The van der Waals surface area contributed by atoms with Crippen molar-refractivity contribution in [3.05, 3.63) is 59.7 Å². The Morgan fingerprint density at radius 1 is 1.04 bits per heavy atom. The maximum absolute atomic E-state index is 12.6. The van der Waals surface area contributed by atoms with Crippen LogP contribution in [0, 0.1) is 0 Å². The Bertz CT molecular complexity index is 709.